The van der Waals surface area contributed by atoms with Crippen molar-refractivity contribution in [2.75, 3.05) is 0 Å². The van der Waals surface area contributed by atoms with E-state index in [1.54, 1.807) is 0 Å². The Labute approximate surface area is 121 Å². The van der Waals surface area contributed by atoms with E-state index in [9.17, 15) is 0 Å². The van der Waals surface area contributed by atoms with Gasteiger partial charge in [0.1, 0.15) is 0 Å². The van der Waals surface area contributed by atoms with Crippen molar-refractivity contribution in [1.29, 1.82) is 0 Å². The van der Waals surface area contributed by atoms with Crippen molar-refractivity contribution in [3.05, 3.63) is 42.8 Å². The Bertz CT molecular complexity index is 195. The first-order chi connectivity index (χ1) is 7.26. The van der Waals surface area contributed by atoms with Gasteiger partial charge in [0.15, 0.2) is 0 Å². The molecule has 81 valence electrons. The number of rotatable bonds is 2. The summed E-state index contributed by atoms with van der Waals surface area (Å²) in [6.45, 7) is 3.78. The largest absolute Gasteiger partial charge is 0.495 e. The summed E-state index contributed by atoms with van der Waals surface area (Å²) in [6.07, 6.45) is 2.09. The van der Waals surface area contributed by atoms with Crippen LogP contribution in [0.2, 0.25) is 0 Å². The number of benzene rings is 1. The second-order valence-corrected chi connectivity index (χ2v) is 6.54. The Morgan fingerprint density at radius 1 is 1.13 bits per heavy atom. The van der Waals surface area contributed by atoms with Crippen molar-refractivity contribution in [2.24, 2.45) is 0 Å². The third-order valence-electron chi connectivity index (χ3n) is 1.31. The van der Waals surface area contributed by atoms with Gasteiger partial charge in [-0.3, -0.25) is 0 Å². The van der Waals surface area contributed by atoms with Gasteiger partial charge in [-0.2, -0.15) is 6.42 Å². The number of hydrogen-bond donors (Lipinski definition) is 0. The van der Waals surface area contributed by atoms with Crippen LogP contribution in [0.5, 0.6) is 0 Å². The molecule has 1 aromatic carbocycles. The van der Waals surface area contributed by atoms with Gasteiger partial charge in [0.25, 0.3) is 0 Å². The molecule has 0 heterocycles. The van der Waals surface area contributed by atoms with Crippen LogP contribution < -0.4 is 0 Å². The molecule has 0 saturated carbocycles. The van der Waals surface area contributed by atoms with Crippen LogP contribution in [0.1, 0.15) is 12.0 Å². The van der Waals surface area contributed by atoms with E-state index in [-0.39, 0.29) is 26.8 Å². The Morgan fingerprint density at radius 3 is 1.87 bits per heavy atom. The first-order valence-electron chi connectivity index (χ1n) is 4.14. The van der Waals surface area contributed by atoms with E-state index in [0.29, 0.717) is 0 Å². The summed E-state index contributed by atoms with van der Waals surface area (Å²) in [5.41, 5.74) is 1.38. The molecule has 15 heavy (non-hydrogen) atoms. The van der Waals surface area contributed by atoms with E-state index in [2.05, 4.69) is 31.2 Å². The Morgan fingerprint density at radius 2 is 1.53 bits per heavy atom. The van der Waals surface area contributed by atoms with E-state index in [4.69, 9.17) is 40.2 Å². The predicted molar refractivity (Wildman–Crippen MR) is 75.0 cm³/mol. The van der Waals surface area contributed by atoms with Crippen molar-refractivity contribution < 1.29 is 0 Å². The molecule has 0 aromatic heterocycles. The number of hydrogen-bond acceptors (Lipinski definition) is 0. The van der Waals surface area contributed by atoms with E-state index in [1.807, 2.05) is 6.07 Å². The van der Waals surface area contributed by atoms with Gasteiger partial charge >= 0.3 is 46.9 Å². The fourth-order valence-electron chi connectivity index (χ4n) is 0.849. The molecule has 0 atom stereocenters. The normalized spacial score (nSPS) is 7.27. The van der Waals surface area contributed by atoms with Gasteiger partial charge in [0, 0.05) is 0 Å². The molecule has 6 heteroatoms. The average Bonchev–Trinajstić information content (AvgIpc) is 2.22. The maximum atomic E-state index is 4.85. The molecule has 1 aromatic rings. The van der Waals surface area contributed by atoms with Crippen molar-refractivity contribution in [3.63, 3.8) is 0 Å². The van der Waals surface area contributed by atoms with E-state index in [0.717, 1.165) is 12.8 Å². The van der Waals surface area contributed by atoms with Crippen LogP contribution in [0.25, 0.3) is 0 Å². The van der Waals surface area contributed by atoms with Crippen LogP contribution in [0.4, 0.5) is 0 Å². The molecule has 0 amide bonds. The van der Waals surface area contributed by atoms with Gasteiger partial charge in [-0.1, -0.05) is 42.3 Å². The molecule has 0 aliphatic heterocycles. The topological polar surface area (TPSA) is 0 Å². The molecular formula is C9H11Al2Cl4. The molecule has 0 spiro atoms. The minimum absolute atomic E-state index is 0.306. The Hall–Kier alpha value is 1.44. The predicted octanol–water partition coefficient (Wildman–Crippen LogP) is 4.45. The smallest absolute Gasteiger partial charge is 0.248 e. The zero-order valence-corrected chi connectivity index (χ0v) is 13.5. The quantitative estimate of drug-likeness (QED) is 0.559. The summed E-state index contributed by atoms with van der Waals surface area (Å²) in [4.78, 5) is 0. The van der Waals surface area contributed by atoms with Gasteiger partial charge in [-0.25, -0.2) is 20.1 Å². The summed E-state index contributed by atoms with van der Waals surface area (Å²) >= 11 is -0.611. The molecule has 0 N–H and O–H groups in total. The SMILES string of the molecule is [CH2-]CCc1ccccc1.[Cl][Al+][Cl].[Cl][Al][Cl]. The third kappa shape index (κ3) is 18.0. The number of aryl methyl sites for hydroxylation is 1. The van der Waals surface area contributed by atoms with Crippen LogP contribution in [-0.2, 0) is 6.42 Å². The first-order valence-corrected chi connectivity index (χ1v) is 11.1. The standard InChI is InChI=1S/C9H11.2Al.4ClH/c1-2-6-9-7-4-3-5-8-9;;;;;;/h3-5,7-8H,1-2,6H2;;;4*1H/q-1;+2;+3;;;;/p-4. The summed E-state index contributed by atoms with van der Waals surface area (Å²) < 4.78 is 0. The summed E-state index contributed by atoms with van der Waals surface area (Å²) in [6, 6.07) is 10.4. The fourth-order valence-corrected chi connectivity index (χ4v) is 0.849. The Kier molecular flexibility index (Phi) is 22.3. The van der Waals surface area contributed by atoms with Crippen LogP contribution in [0.15, 0.2) is 30.3 Å². The molecular weight excluding hydrogens is 304 g/mol. The third-order valence-corrected chi connectivity index (χ3v) is 1.31. The van der Waals surface area contributed by atoms with Gasteiger partial charge in [0.2, 0.25) is 0 Å². The van der Waals surface area contributed by atoms with E-state index in [1.165, 1.54) is 5.56 Å². The molecule has 0 aliphatic carbocycles. The van der Waals surface area contributed by atoms with E-state index < -0.39 is 0 Å². The van der Waals surface area contributed by atoms with Crippen LogP contribution in [0, 0.1) is 6.92 Å². The monoisotopic (exact) mass is 313 g/mol. The van der Waals surface area contributed by atoms with Gasteiger partial charge in [-0.15, -0.1) is 0 Å². The fraction of sp³-hybridized carbons (Fsp3) is 0.222. The maximum absolute atomic E-state index is 4.85. The van der Waals surface area contributed by atoms with Gasteiger partial charge in [-0.05, 0) is 0 Å². The zero-order chi connectivity index (χ0) is 11.9. The van der Waals surface area contributed by atoms with Gasteiger partial charge in [0.05, 0.1) is 0 Å². The van der Waals surface area contributed by atoms with Crippen molar-refractivity contribution in [1.82, 2.24) is 0 Å². The second-order valence-electron chi connectivity index (χ2n) is 2.25. The first kappa shape index (κ1) is 18.8. The summed E-state index contributed by atoms with van der Waals surface area (Å²) in [5.74, 6) is 0. The van der Waals surface area contributed by atoms with Crippen LogP contribution >= 0.6 is 40.2 Å². The molecule has 0 aliphatic rings. The molecule has 1 rings (SSSR count). The minimum Gasteiger partial charge on any atom is -0.248 e. The summed E-state index contributed by atoms with van der Waals surface area (Å²) in [5, 5.41) is 0. The molecule has 0 saturated heterocycles. The molecule has 0 fully saturated rings. The average molecular weight is 315 g/mol. The summed E-state index contributed by atoms with van der Waals surface area (Å²) in [7, 11) is 19.4. The van der Waals surface area contributed by atoms with Crippen LogP contribution in [-0.4, -0.2) is 26.8 Å². The number of halogens is 4. The Balaban J connectivity index is 0. The van der Waals surface area contributed by atoms with E-state index >= 15 is 0 Å². The second kappa shape index (κ2) is 17.8. The molecule has 1 radical (unpaired) electrons. The van der Waals surface area contributed by atoms with Gasteiger partial charge < -0.3 is 6.92 Å². The minimum atomic E-state index is -0.306. The van der Waals surface area contributed by atoms with Crippen molar-refractivity contribution in [3.8, 4) is 0 Å². The van der Waals surface area contributed by atoms with Crippen LogP contribution in [0.3, 0.4) is 0 Å². The molecule has 0 nitrogen and oxygen atoms in total. The zero-order valence-electron chi connectivity index (χ0n) is 8.17. The molecule has 0 unspecified atom stereocenters. The maximum Gasteiger partial charge on any atom is 0.495 e. The molecule has 0 bridgehead atoms. The van der Waals surface area contributed by atoms with Crippen molar-refractivity contribution >= 4 is 66.9 Å². The van der Waals surface area contributed by atoms with Crippen molar-refractivity contribution in [2.45, 2.75) is 12.8 Å².